The topological polar surface area (TPSA) is 22.0 Å². The van der Waals surface area contributed by atoms with Crippen LogP contribution in [-0.2, 0) is 6.54 Å². The fourth-order valence-corrected chi connectivity index (χ4v) is 2.96. The third kappa shape index (κ3) is 1.93. The van der Waals surface area contributed by atoms with Gasteiger partial charge in [-0.05, 0) is 38.2 Å². The van der Waals surface area contributed by atoms with Crippen molar-refractivity contribution in [3.05, 3.63) is 23.0 Å². The molecule has 1 fully saturated rings. The van der Waals surface area contributed by atoms with Crippen LogP contribution in [0, 0.1) is 19.3 Å². The molecule has 2 heteroatoms. The summed E-state index contributed by atoms with van der Waals surface area (Å²) in [5.74, 6) is 0. The zero-order valence-electron chi connectivity index (χ0n) is 10.5. The predicted octanol–water partition coefficient (Wildman–Crippen LogP) is 3.50. The van der Waals surface area contributed by atoms with Gasteiger partial charge in [0.05, 0.1) is 0 Å². The smallest absolute Gasteiger partial charge is 0.151 e. The zero-order chi connectivity index (χ0) is 11.8. The van der Waals surface area contributed by atoms with E-state index in [-0.39, 0.29) is 0 Å². The number of nitrogens with zero attached hydrogens (tertiary/aromatic N) is 1. The fraction of sp³-hybridized carbons (Fsp3) is 0.643. The largest absolute Gasteiger partial charge is 0.348 e. The van der Waals surface area contributed by atoms with E-state index in [4.69, 9.17) is 0 Å². The summed E-state index contributed by atoms with van der Waals surface area (Å²) in [6.45, 7) is 7.59. The SMILES string of the molecule is Cc1cc(C=O)c(C)n1CC1(C)CCCC1. The van der Waals surface area contributed by atoms with Crippen molar-refractivity contribution >= 4 is 6.29 Å². The van der Waals surface area contributed by atoms with Crippen molar-refractivity contribution in [3.8, 4) is 0 Å². The molecule has 1 aliphatic rings. The molecular formula is C14H21NO. The highest BCUT2D eigenvalue weighted by atomic mass is 16.1. The molecule has 0 saturated heterocycles. The van der Waals surface area contributed by atoms with E-state index in [1.807, 2.05) is 6.07 Å². The van der Waals surface area contributed by atoms with E-state index in [1.54, 1.807) is 0 Å². The Labute approximate surface area is 97.7 Å². The lowest BCUT2D eigenvalue weighted by atomic mass is 9.88. The van der Waals surface area contributed by atoms with Crippen molar-refractivity contribution < 1.29 is 4.79 Å². The summed E-state index contributed by atoms with van der Waals surface area (Å²) in [6, 6.07) is 2.00. The Morgan fingerprint density at radius 1 is 1.38 bits per heavy atom. The molecule has 88 valence electrons. The van der Waals surface area contributed by atoms with Gasteiger partial charge in [0.2, 0.25) is 0 Å². The van der Waals surface area contributed by atoms with Gasteiger partial charge in [0.1, 0.15) is 0 Å². The number of rotatable bonds is 3. The Morgan fingerprint density at radius 2 is 2.00 bits per heavy atom. The molecule has 0 aliphatic heterocycles. The highest BCUT2D eigenvalue weighted by Crippen LogP contribution is 2.39. The van der Waals surface area contributed by atoms with E-state index in [0.29, 0.717) is 5.41 Å². The number of hydrogen-bond acceptors (Lipinski definition) is 1. The number of aryl methyl sites for hydroxylation is 1. The minimum Gasteiger partial charge on any atom is -0.348 e. The number of carbonyl (C=O) groups excluding carboxylic acids is 1. The number of aldehydes is 1. The molecule has 2 nitrogen and oxygen atoms in total. The van der Waals surface area contributed by atoms with Crippen molar-refractivity contribution in [3.63, 3.8) is 0 Å². The van der Waals surface area contributed by atoms with Gasteiger partial charge in [0, 0.05) is 23.5 Å². The molecule has 2 rings (SSSR count). The van der Waals surface area contributed by atoms with Crippen molar-refractivity contribution in [2.24, 2.45) is 5.41 Å². The third-order valence-electron chi connectivity index (χ3n) is 4.09. The molecule has 0 radical (unpaired) electrons. The van der Waals surface area contributed by atoms with Gasteiger partial charge in [-0.3, -0.25) is 4.79 Å². The van der Waals surface area contributed by atoms with E-state index in [2.05, 4.69) is 25.3 Å². The summed E-state index contributed by atoms with van der Waals surface area (Å²) in [6.07, 6.45) is 6.32. The Balaban J connectivity index is 2.27. The van der Waals surface area contributed by atoms with Gasteiger partial charge in [-0.25, -0.2) is 0 Å². The van der Waals surface area contributed by atoms with Crippen LogP contribution in [0.1, 0.15) is 54.4 Å². The van der Waals surface area contributed by atoms with E-state index < -0.39 is 0 Å². The molecule has 0 aromatic carbocycles. The first-order chi connectivity index (χ1) is 7.56. The van der Waals surface area contributed by atoms with Gasteiger partial charge < -0.3 is 4.57 Å². The summed E-state index contributed by atoms with van der Waals surface area (Å²) < 4.78 is 2.31. The van der Waals surface area contributed by atoms with Gasteiger partial charge in [-0.15, -0.1) is 0 Å². The molecule has 1 aliphatic carbocycles. The minimum absolute atomic E-state index is 0.439. The first-order valence-electron chi connectivity index (χ1n) is 6.18. The predicted molar refractivity (Wildman–Crippen MR) is 65.9 cm³/mol. The summed E-state index contributed by atoms with van der Waals surface area (Å²) >= 11 is 0. The molecule has 1 heterocycles. The molecule has 0 unspecified atom stereocenters. The molecule has 0 N–H and O–H groups in total. The number of aromatic nitrogens is 1. The Bertz CT molecular complexity index is 397. The van der Waals surface area contributed by atoms with Gasteiger partial charge in [-0.1, -0.05) is 19.8 Å². The van der Waals surface area contributed by atoms with Gasteiger partial charge in [-0.2, -0.15) is 0 Å². The van der Waals surface area contributed by atoms with E-state index in [1.165, 1.54) is 31.4 Å². The third-order valence-corrected chi connectivity index (χ3v) is 4.09. The lowest BCUT2D eigenvalue weighted by Gasteiger charge is -2.26. The fourth-order valence-electron chi connectivity index (χ4n) is 2.96. The number of carbonyl (C=O) groups is 1. The van der Waals surface area contributed by atoms with Crippen LogP contribution < -0.4 is 0 Å². The van der Waals surface area contributed by atoms with Crippen molar-refractivity contribution in [2.45, 2.75) is 53.0 Å². The first-order valence-corrected chi connectivity index (χ1v) is 6.18. The molecule has 1 aromatic rings. The minimum atomic E-state index is 0.439. The summed E-state index contributed by atoms with van der Waals surface area (Å²) in [7, 11) is 0. The quantitative estimate of drug-likeness (QED) is 0.713. The second-order valence-electron chi connectivity index (χ2n) is 5.55. The van der Waals surface area contributed by atoms with E-state index >= 15 is 0 Å². The maximum Gasteiger partial charge on any atom is 0.151 e. The van der Waals surface area contributed by atoms with Gasteiger partial charge in [0.25, 0.3) is 0 Å². The highest BCUT2D eigenvalue weighted by Gasteiger charge is 2.29. The van der Waals surface area contributed by atoms with Crippen LogP contribution >= 0.6 is 0 Å². The highest BCUT2D eigenvalue weighted by molar-refractivity contribution is 5.77. The van der Waals surface area contributed by atoms with Crippen LogP contribution in [0.4, 0.5) is 0 Å². The monoisotopic (exact) mass is 219 g/mol. The number of hydrogen-bond donors (Lipinski definition) is 0. The van der Waals surface area contributed by atoms with Crippen LogP contribution in [0.3, 0.4) is 0 Å². The molecular weight excluding hydrogens is 198 g/mol. The van der Waals surface area contributed by atoms with Crippen molar-refractivity contribution in [1.82, 2.24) is 4.57 Å². The van der Waals surface area contributed by atoms with Gasteiger partial charge >= 0.3 is 0 Å². The Kier molecular flexibility index (Phi) is 2.92. The average Bonchev–Trinajstić information content (AvgIpc) is 2.78. The molecule has 0 spiro atoms. The molecule has 1 saturated carbocycles. The maximum atomic E-state index is 10.9. The van der Waals surface area contributed by atoms with Crippen molar-refractivity contribution in [2.75, 3.05) is 0 Å². The normalized spacial score (nSPS) is 18.9. The van der Waals surface area contributed by atoms with Crippen LogP contribution in [-0.4, -0.2) is 10.9 Å². The average molecular weight is 219 g/mol. The van der Waals surface area contributed by atoms with E-state index in [9.17, 15) is 4.79 Å². The molecule has 16 heavy (non-hydrogen) atoms. The molecule has 0 amide bonds. The standard InChI is InChI=1S/C14H21NO/c1-11-8-13(9-16)12(2)15(11)10-14(3)6-4-5-7-14/h8-9H,4-7,10H2,1-3H3. The second kappa shape index (κ2) is 4.08. The lowest BCUT2D eigenvalue weighted by Crippen LogP contribution is -2.21. The lowest BCUT2D eigenvalue weighted by molar-refractivity contribution is 0.112. The van der Waals surface area contributed by atoms with Crippen LogP contribution in [0.15, 0.2) is 6.07 Å². The maximum absolute atomic E-state index is 10.9. The summed E-state index contributed by atoms with van der Waals surface area (Å²) in [5, 5.41) is 0. The second-order valence-corrected chi connectivity index (χ2v) is 5.55. The Morgan fingerprint density at radius 3 is 2.50 bits per heavy atom. The summed E-state index contributed by atoms with van der Waals surface area (Å²) in [5.41, 5.74) is 3.63. The van der Waals surface area contributed by atoms with Crippen molar-refractivity contribution in [1.29, 1.82) is 0 Å². The van der Waals surface area contributed by atoms with Crippen LogP contribution in [0.5, 0.6) is 0 Å². The zero-order valence-corrected chi connectivity index (χ0v) is 10.5. The van der Waals surface area contributed by atoms with E-state index in [0.717, 1.165) is 24.1 Å². The molecule has 0 bridgehead atoms. The molecule has 1 aromatic heterocycles. The van der Waals surface area contributed by atoms with Crippen LogP contribution in [0.2, 0.25) is 0 Å². The van der Waals surface area contributed by atoms with Crippen LogP contribution in [0.25, 0.3) is 0 Å². The Hall–Kier alpha value is -1.05. The first kappa shape index (κ1) is 11.4. The molecule has 0 atom stereocenters. The summed E-state index contributed by atoms with van der Waals surface area (Å²) in [4.78, 5) is 10.9. The van der Waals surface area contributed by atoms with Gasteiger partial charge in [0.15, 0.2) is 6.29 Å².